The van der Waals surface area contributed by atoms with E-state index in [1.54, 1.807) is 0 Å². The summed E-state index contributed by atoms with van der Waals surface area (Å²) in [5.74, 6) is -1.84. The van der Waals surface area contributed by atoms with Gasteiger partial charge in [-0.05, 0) is 18.2 Å². The molecule has 0 aliphatic carbocycles. The molecule has 0 spiro atoms. The van der Waals surface area contributed by atoms with E-state index >= 15 is 0 Å². The Morgan fingerprint density at radius 2 is 2.11 bits per heavy atom. The minimum absolute atomic E-state index is 0.106. The van der Waals surface area contributed by atoms with Crippen LogP contribution < -0.4 is 4.74 Å². The molecule has 0 atom stereocenters. The number of carbonyl (C=O) groups is 1. The number of aromatic carboxylic acids is 1. The van der Waals surface area contributed by atoms with Crippen molar-refractivity contribution in [1.82, 2.24) is 4.98 Å². The molecule has 1 N–H and O–H groups in total. The van der Waals surface area contributed by atoms with Gasteiger partial charge in [-0.25, -0.2) is 9.78 Å². The summed E-state index contributed by atoms with van der Waals surface area (Å²) < 4.78 is 44.7. The summed E-state index contributed by atoms with van der Waals surface area (Å²) in [6, 6.07) is 4.88. The molecule has 8 heteroatoms. The summed E-state index contributed by atoms with van der Waals surface area (Å²) in [7, 11) is 0. The van der Waals surface area contributed by atoms with Gasteiger partial charge in [-0.1, -0.05) is 6.07 Å². The van der Waals surface area contributed by atoms with Crippen LogP contribution in [0.2, 0.25) is 0 Å². The molecule has 0 radical (unpaired) electrons. The number of carboxylic acids is 1. The predicted molar refractivity (Wildman–Crippen MR) is 55.6 cm³/mol. The van der Waals surface area contributed by atoms with Crippen LogP contribution in [0.4, 0.5) is 13.2 Å². The van der Waals surface area contributed by atoms with Gasteiger partial charge in [0.2, 0.25) is 5.89 Å². The van der Waals surface area contributed by atoms with Gasteiger partial charge in [-0.3, -0.25) is 0 Å². The van der Waals surface area contributed by atoms with Gasteiger partial charge in [0.05, 0.1) is 0 Å². The van der Waals surface area contributed by atoms with Crippen molar-refractivity contribution in [3.05, 3.63) is 36.2 Å². The van der Waals surface area contributed by atoms with E-state index in [1.165, 1.54) is 12.1 Å². The first-order valence-electron chi connectivity index (χ1n) is 4.90. The molecule has 0 unspecified atom stereocenters. The van der Waals surface area contributed by atoms with Crippen LogP contribution in [0.25, 0.3) is 11.5 Å². The van der Waals surface area contributed by atoms with Crippen LogP contribution in [-0.4, -0.2) is 22.4 Å². The molecule has 0 aliphatic rings. The first-order valence-corrected chi connectivity index (χ1v) is 4.90. The summed E-state index contributed by atoms with van der Waals surface area (Å²) in [6.45, 7) is 0. The number of hydrogen-bond acceptors (Lipinski definition) is 4. The van der Waals surface area contributed by atoms with Crippen LogP contribution in [-0.2, 0) is 0 Å². The molecule has 0 saturated heterocycles. The fraction of sp³-hybridized carbons (Fsp3) is 0.0909. The monoisotopic (exact) mass is 273 g/mol. The quantitative estimate of drug-likeness (QED) is 0.930. The number of ether oxygens (including phenoxy) is 1. The van der Waals surface area contributed by atoms with Crippen LogP contribution in [0.15, 0.2) is 34.9 Å². The standard InChI is InChI=1S/C11H6F3NO4/c12-11(13,14)19-7-3-1-2-6(4-7)9-15-8(5-18-9)10(16)17/h1-5H,(H,16,17). The Morgan fingerprint density at radius 3 is 2.68 bits per heavy atom. The van der Waals surface area contributed by atoms with Crippen molar-refractivity contribution in [2.75, 3.05) is 0 Å². The third-order valence-corrected chi connectivity index (χ3v) is 2.04. The summed E-state index contributed by atoms with van der Waals surface area (Å²) in [5, 5.41) is 8.66. The smallest absolute Gasteiger partial charge is 0.476 e. The largest absolute Gasteiger partial charge is 0.573 e. The van der Waals surface area contributed by atoms with Crippen molar-refractivity contribution in [1.29, 1.82) is 0 Å². The van der Waals surface area contributed by atoms with Gasteiger partial charge >= 0.3 is 12.3 Å². The van der Waals surface area contributed by atoms with Gasteiger partial charge in [0.15, 0.2) is 5.69 Å². The molecular weight excluding hydrogens is 267 g/mol. The molecule has 1 aromatic heterocycles. The molecule has 19 heavy (non-hydrogen) atoms. The Bertz CT molecular complexity index is 606. The molecule has 1 aromatic carbocycles. The Kier molecular flexibility index (Phi) is 3.16. The fourth-order valence-electron chi connectivity index (χ4n) is 1.33. The van der Waals surface area contributed by atoms with E-state index < -0.39 is 18.1 Å². The molecule has 2 rings (SSSR count). The number of nitrogens with zero attached hydrogens (tertiary/aromatic N) is 1. The van der Waals surface area contributed by atoms with Crippen molar-refractivity contribution in [2.45, 2.75) is 6.36 Å². The minimum atomic E-state index is -4.80. The maximum Gasteiger partial charge on any atom is 0.573 e. The zero-order chi connectivity index (χ0) is 14.0. The zero-order valence-electron chi connectivity index (χ0n) is 9.14. The Labute approximate surface area is 104 Å². The highest BCUT2D eigenvalue weighted by Crippen LogP contribution is 2.27. The highest BCUT2D eigenvalue weighted by molar-refractivity contribution is 5.85. The summed E-state index contributed by atoms with van der Waals surface area (Å²) in [4.78, 5) is 14.2. The number of benzene rings is 1. The van der Waals surface area contributed by atoms with Crippen molar-refractivity contribution in [2.24, 2.45) is 0 Å². The first kappa shape index (κ1) is 12.9. The first-order chi connectivity index (χ1) is 8.85. The van der Waals surface area contributed by atoms with Crippen LogP contribution in [0, 0.1) is 0 Å². The lowest BCUT2D eigenvalue weighted by Gasteiger charge is -2.08. The molecule has 1 heterocycles. The SMILES string of the molecule is O=C(O)c1coc(-c2cccc(OC(F)(F)F)c2)n1. The number of halogens is 3. The van der Waals surface area contributed by atoms with Gasteiger partial charge in [-0.2, -0.15) is 0 Å². The molecule has 0 aliphatic heterocycles. The van der Waals surface area contributed by atoms with E-state index in [9.17, 15) is 18.0 Å². The molecule has 0 fully saturated rings. The highest BCUT2D eigenvalue weighted by atomic mass is 19.4. The van der Waals surface area contributed by atoms with E-state index in [0.29, 0.717) is 0 Å². The zero-order valence-corrected chi connectivity index (χ0v) is 9.14. The number of alkyl halides is 3. The molecular formula is C11H6F3NO4. The van der Waals surface area contributed by atoms with Gasteiger partial charge in [0.1, 0.15) is 12.0 Å². The fourth-order valence-corrected chi connectivity index (χ4v) is 1.33. The van der Waals surface area contributed by atoms with Gasteiger partial charge in [-0.15, -0.1) is 13.2 Å². The van der Waals surface area contributed by atoms with E-state index in [2.05, 4.69) is 9.72 Å². The van der Waals surface area contributed by atoms with E-state index in [1.807, 2.05) is 0 Å². The third kappa shape index (κ3) is 3.24. The number of carboxylic acid groups (broad SMARTS) is 1. The Balaban J connectivity index is 2.29. The van der Waals surface area contributed by atoms with Crippen molar-refractivity contribution >= 4 is 5.97 Å². The maximum absolute atomic E-state index is 12.0. The average Bonchev–Trinajstić information content (AvgIpc) is 2.76. The molecule has 0 saturated carbocycles. The lowest BCUT2D eigenvalue weighted by atomic mass is 10.2. The number of oxazole rings is 1. The van der Waals surface area contributed by atoms with Crippen LogP contribution in [0.5, 0.6) is 5.75 Å². The Hall–Kier alpha value is -2.51. The minimum Gasteiger partial charge on any atom is -0.476 e. The van der Waals surface area contributed by atoms with Crippen LogP contribution in [0.1, 0.15) is 10.5 Å². The predicted octanol–water partition coefficient (Wildman–Crippen LogP) is 2.94. The average molecular weight is 273 g/mol. The molecule has 100 valence electrons. The maximum atomic E-state index is 12.0. The molecule has 5 nitrogen and oxygen atoms in total. The van der Waals surface area contributed by atoms with Crippen molar-refractivity contribution < 1.29 is 32.2 Å². The number of rotatable bonds is 3. The number of hydrogen-bond donors (Lipinski definition) is 1. The topological polar surface area (TPSA) is 72.6 Å². The summed E-state index contributed by atoms with van der Waals surface area (Å²) >= 11 is 0. The lowest BCUT2D eigenvalue weighted by Crippen LogP contribution is -2.17. The van der Waals surface area contributed by atoms with Crippen LogP contribution in [0.3, 0.4) is 0 Å². The summed E-state index contributed by atoms with van der Waals surface area (Å²) in [6.07, 6.45) is -3.91. The van der Waals surface area contributed by atoms with E-state index in [-0.39, 0.29) is 17.1 Å². The molecule has 0 bridgehead atoms. The lowest BCUT2D eigenvalue weighted by molar-refractivity contribution is -0.274. The van der Waals surface area contributed by atoms with Gasteiger partial charge < -0.3 is 14.3 Å². The number of aromatic nitrogens is 1. The third-order valence-electron chi connectivity index (χ3n) is 2.04. The second-order valence-electron chi connectivity index (χ2n) is 3.42. The second-order valence-corrected chi connectivity index (χ2v) is 3.42. The van der Waals surface area contributed by atoms with E-state index in [4.69, 9.17) is 9.52 Å². The van der Waals surface area contributed by atoms with Crippen molar-refractivity contribution in [3.8, 4) is 17.2 Å². The highest BCUT2D eigenvalue weighted by Gasteiger charge is 2.31. The normalized spacial score (nSPS) is 11.3. The van der Waals surface area contributed by atoms with Crippen molar-refractivity contribution in [3.63, 3.8) is 0 Å². The molecule has 0 amide bonds. The second kappa shape index (κ2) is 4.63. The Morgan fingerprint density at radius 1 is 1.37 bits per heavy atom. The van der Waals surface area contributed by atoms with E-state index in [0.717, 1.165) is 18.4 Å². The molecule has 2 aromatic rings. The van der Waals surface area contributed by atoms with Crippen LogP contribution >= 0.6 is 0 Å². The summed E-state index contributed by atoms with van der Waals surface area (Å²) in [5.41, 5.74) is -0.161. The van der Waals surface area contributed by atoms with Gasteiger partial charge in [0, 0.05) is 5.56 Å². The van der Waals surface area contributed by atoms with Gasteiger partial charge in [0.25, 0.3) is 0 Å².